The molecule has 1 unspecified atom stereocenters. The molecule has 4 nitrogen and oxygen atoms in total. The monoisotopic (exact) mass is 377 g/mol. The second-order valence-corrected chi connectivity index (χ2v) is 7.67. The zero-order valence-electron chi connectivity index (χ0n) is 17.1. The van der Waals surface area contributed by atoms with Gasteiger partial charge in [0.15, 0.2) is 11.5 Å². The normalized spacial score (nSPS) is 12.2. The highest BCUT2D eigenvalue weighted by Gasteiger charge is 2.18. The standard InChI is InChI=1S/C24H28N2O2/c1-17(2)26(15-20-8-6-5-7-9-20)16-22-12-13-23(28-22)24(27)25-21-11-10-18(3)19(4)14-21/h5-14,17H,15-16H2,1-4H3,(H,25,27)/p+1. The van der Waals surface area contributed by atoms with E-state index in [1.54, 1.807) is 6.07 Å². The highest BCUT2D eigenvalue weighted by Crippen LogP contribution is 2.16. The van der Waals surface area contributed by atoms with Crippen molar-refractivity contribution in [2.75, 3.05) is 5.32 Å². The molecule has 0 bridgehead atoms. The quantitative estimate of drug-likeness (QED) is 0.650. The fraction of sp³-hybridized carbons (Fsp3) is 0.292. The summed E-state index contributed by atoms with van der Waals surface area (Å²) < 4.78 is 5.86. The van der Waals surface area contributed by atoms with Gasteiger partial charge in [-0.15, -0.1) is 0 Å². The van der Waals surface area contributed by atoms with E-state index < -0.39 is 0 Å². The maximum absolute atomic E-state index is 12.5. The average Bonchev–Trinajstić information content (AvgIpc) is 3.14. The van der Waals surface area contributed by atoms with Gasteiger partial charge in [0.1, 0.15) is 13.1 Å². The van der Waals surface area contributed by atoms with E-state index in [0.717, 1.165) is 30.1 Å². The molecule has 1 atom stereocenters. The number of furan rings is 1. The third kappa shape index (κ3) is 5.11. The number of anilines is 1. The molecule has 0 fully saturated rings. The van der Waals surface area contributed by atoms with E-state index in [1.165, 1.54) is 16.0 Å². The Morgan fingerprint density at radius 2 is 1.71 bits per heavy atom. The second-order valence-electron chi connectivity index (χ2n) is 7.67. The molecular weight excluding hydrogens is 348 g/mol. The molecule has 0 radical (unpaired) electrons. The molecule has 0 aliphatic rings. The van der Waals surface area contributed by atoms with Crippen molar-refractivity contribution in [2.45, 2.75) is 46.8 Å². The van der Waals surface area contributed by atoms with Crippen LogP contribution in [0.2, 0.25) is 0 Å². The minimum absolute atomic E-state index is 0.219. The zero-order chi connectivity index (χ0) is 20.1. The highest BCUT2D eigenvalue weighted by atomic mass is 16.4. The van der Waals surface area contributed by atoms with Gasteiger partial charge in [-0.3, -0.25) is 4.79 Å². The molecule has 1 aromatic heterocycles. The third-order valence-corrected chi connectivity index (χ3v) is 5.14. The molecule has 0 aliphatic heterocycles. The highest BCUT2D eigenvalue weighted by molar-refractivity contribution is 6.02. The van der Waals surface area contributed by atoms with Gasteiger partial charge in [0.05, 0.1) is 6.04 Å². The fourth-order valence-corrected chi connectivity index (χ4v) is 3.16. The third-order valence-electron chi connectivity index (χ3n) is 5.14. The summed E-state index contributed by atoms with van der Waals surface area (Å²) in [5.74, 6) is 0.949. The number of hydrogen-bond acceptors (Lipinski definition) is 2. The second kappa shape index (κ2) is 8.89. The lowest BCUT2D eigenvalue weighted by Gasteiger charge is -2.22. The maximum atomic E-state index is 12.5. The first-order valence-corrected chi connectivity index (χ1v) is 9.78. The van der Waals surface area contributed by atoms with Crippen LogP contribution in [-0.2, 0) is 13.1 Å². The minimum atomic E-state index is -0.219. The molecular formula is C24H29N2O2+. The Hall–Kier alpha value is -2.85. The van der Waals surface area contributed by atoms with Crippen molar-refractivity contribution in [2.24, 2.45) is 0 Å². The first kappa shape index (κ1) is 19.9. The predicted octanol–water partition coefficient (Wildman–Crippen LogP) is 4.14. The molecule has 2 aromatic carbocycles. The van der Waals surface area contributed by atoms with Crippen LogP contribution < -0.4 is 10.2 Å². The van der Waals surface area contributed by atoms with E-state index in [-0.39, 0.29) is 5.91 Å². The van der Waals surface area contributed by atoms with Gasteiger partial charge in [-0.1, -0.05) is 36.4 Å². The van der Waals surface area contributed by atoms with Crippen LogP contribution >= 0.6 is 0 Å². The Morgan fingerprint density at radius 3 is 2.39 bits per heavy atom. The van der Waals surface area contributed by atoms with Crippen molar-refractivity contribution in [1.82, 2.24) is 0 Å². The van der Waals surface area contributed by atoms with E-state index in [9.17, 15) is 4.79 Å². The fourth-order valence-electron chi connectivity index (χ4n) is 3.16. The van der Waals surface area contributed by atoms with Gasteiger partial charge >= 0.3 is 0 Å². The molecule has 2 N–H and O–H groups in total. The number of rotatable bonds is 7. The van der Waals surface area contributed by atoms with Crippen molar-refractivity contribution >= 4 is 11.6 Å². The molecule has 0 saturated carbocycles. The van der Waals surface area contributed by atoms with Gasteiger partial charge in [-0.2, -0.15) is 0 Å². The van der Waals surface area contributed by atoms with E-state index >= 15 is 0 Å². The van der Waals surface area contributed by atoms with E-state index in [2.05, 4.69) is 50.4 Å². The number of amides is 1. The van der Waals surface area contributed by atoms with Gasteiger partial charge in [0.25, 0.3) is 5.91 Å². The van der Waals surface area contributed by atoms with E-state index in [4.69, 9.17) is 4.42 Å². The van der Waals surface area contributed by atoms with Crippen molar-refractivity contribution in [3.05, 3.63) is 88.9 Å². The molecule has 3 aromatic rings. The minimum Gasteiger partial charge on any atom is -0.450 e. The van der Waals surface area contributed by atoms with Gasteiger partial charge < -0.3 is 14.6 Å². The van der Waals surface area contributed by atoms with Crippen LogP contribution in [0.15, 0.2) is 65.1 Å². The van der Waals surface area contributed by atoms with Crippen molar-refractivity contribution in [3.8, 4) is 0 Å². The summed E-state index contributed by atoms with van der Waals surface area (Å²) in [5, 5.41) is 2.92. The Labute approximate surface area is 167 Å². The molecule has 1 amide bonds. The molecule has 1 heterocycles. The number of carbonyl (C=O) groups excluding carboxylic acids is 1. The van der Waals surface area contributed by atoms with Gasteiger partial charge in [-0.05, 0) is 63.1 Å². The molecule has 0 spiro atoms. The van der Waals surface area contributed by atoms with E-state index in [1.807, 2.05) is 37.3 Å². The summed E-state index contributed by atoms with van der Waals surface area (Å²) in [4.78, 5) is 13.9. The van der Waals surface area contributed by atoms with Crippen LogP contribution in [0.25, 0.3) is 0 Å². The molecule has 3 rings (SSSR count). The first-order valence-electron chi connectivity index (χ1n) is 9.78. The van der Waals surface area contributed by atoms with Crippen LogP contribution in [0.5, 0.6) is 0 Å². The van der Waals surface area contributed by atoms with Crippen molar-refractivity contribution < 1.29 is 14.1 Å². The average molecular weight is 378 g/mol. The first-order chi connectivity index (χ1) is 13.4. The summed E-state index contributed by atoms with van der Waals surface area (Å²) in [7, 11) is 0. The Balaban J connectivity index is 1.66. The largest absolute Gasteiger partial charge is 0.450 e. The Morgan fingerprint density at radius 1 is 0.964 bits per heavy atom. The number of hydrogen-bond donors (Lipinski definition) is 2. The number of quaternary nitrogens is 1. The van der Waals surface area contributed by atoms with Gasteiger partial charge in [0.2, 0.25) is 0 Å². The lowest BCUT2D eigenvalue weighted by molar-refractivity contribution is -0.949. The molecule has 0 aliphatic carbocycles. The van der Waals surface area contributed by atoms with Crippen LogP contribution in [0.4, 0.5) is 5.69 Å². The van der Waals surface area contributed by atoms with Crippen LogP contribution in [-0.4, -0.2) is 11.9 Å². The van der Waals surface area contributed by atoms with E-state index in [0.29, 0.717) is 11.8 Å². The number of carbonyl (C=O) groups is 1. The van der Waals surface area contributed by atoms with Gasteiger partial charge in [0, 0.05) is 11.3 Å². The Kier molecular flexibility index (Phi) is 6.32. The lowest BCUT2D eigenvalue weighted by atomic mass is 10.1. The molecule has 146 valence electrons. The molecule has 4 heteroatoms. The SMILES string of the molecule is Cc1ccc(NC(=O)c2ccc(C[NH+](Cc3ccccc3)C(C)C)o2)cc1C. The summed E-state index contributed by atoms with van der Waals surface area (Å²) in [6.45, 7) is 10.2. The van der Waals surface area contributed by atoms with Crippen LogP contribution in [0.1, 0.15) is 46.9 Å². The Bertz CT molecular complexity index is 929. The summed E-state index contributed by atoms with van der Waals surface area (Å²) in [5.41, 5.74) is 4.43. The molecule has 0 saturated heterocycles. The van der Waals surface area contributed by atoms with Crippen molar-refractivity contribution in [1.29, 1.82) is 0 Å². The molecule has 28 heavy (non-hydrogen) atoms. The number of benzene rings is 2. The van der Waals surface area contributed by atoms with Gasteiger partial charge in [-0.25, -0.2) is 0 Å². The van der Waals surface area contributed by atoms with Crippen LogP contribution in [0.3, 0.4) is 0 Å². The smallest absolute Gasteiger partial charge is 0.291 e. The van der Waals surface area contributed by atoms with Crippen molar-refractivity contribution in [3.63, 3.8) is 0 Å². The predicted molar refractivity (Wildman–Crippen MR) is 113 cm³/mol. The summed E-state index contributed by atoms with van der Waals surface area (Å²) in [6.07, 6.45) is 0. The topological polar surface area (TPSA) is 46.7 Å². The lowest BCUT2D eigenvalue weighted by Crippen LogP contribution is -3.12. The zero-order valence-corrected chi connectivity index (χ0v) is 17.1. The summed E-state index contributed by atoms with van der Waals surface area (Å²) in [6, 6.07) is 20.4. The van der Waals surface area contributed by atoms with Crippen LogP contribution in [0, 0.1) is 13.8 Å². The number of aryl methyl sites for hydroxylation is 2. The maximum Gasteiger partial charge on any atom is 0.291 e. The number of nitrogens with one attached hydrogen (secondary N) is 2. The summed E-state index contributed by atoms with van der Waals surface area (Å²) >= 11 is 0.